The first-order valence-electron chi connectivity index (χ1n) is 5.69. The Morgan fingerprint density at radius 3 is 2.48 bits per heavy atom. The summed E-state index contributed by atoms with van der Waals surface area (Å²) in [7, 11) is -3.99. The number of nitrogens with zero attached hydrogens (tertiary/aromatic N) is 1. The third-order valence-corrected chi connectivity index (χ3v) is 3.25. The monoisotopic (exact) mass is 323 g/mol. The fraction of sp³-hybridized carbons (Fsp3) is 0.333. The van der Waals surface area contributed by atoms with Gasteiger partial charge in [-0.1, -0.05) is 0 Å². The lowest BCUT2D eigenvalue weighted by molar-refractivity contribution is -0.141. The van der Waals surface area contributed by atoms with Crippen molar-refractivity contribution in [3.8, 4) is 0 Å². The average Bonchev–Trinajstić information content (AvgIpc) is 2.34. The molecule has 0 atom stereocenters. The lowest BCUT2D eigenvalue weighted by Crippen LogP contribution is -2.12. The molecule has 5 nitrogen and oxygen atoms in total. The van der Waals surface area contributed by atoms with Crippen LogP contribution in [-0.2, 0) is 25.5 Å². The van der Waals surface area contributed by atoms with Crippen molar-refractivity contribution >= 4 is 21.9 Å². The smallest absolute Gasteiger partial charge is 0.433 e. The van der Waals surface area contributed by atoms with E-state index < -0.39 is 32.7 Å². The van der Waals surface area contributed by atoms with Crippen LogP contribution in [0.5, 0.6) is 0 Å². The number of hydrogen-bond donors (Lipinski definition) is 0. The third kappa shape index (κ3) is 4.85. The largest absolute Gasteiger partial charge is 0.463 e. The molecule has 116 valence electrons. The van der Waals surface area contributed by atoms with Crippen LogP contribution in [0.2, 0.25) is 0 Å². The molecule has 0 unspecified atom stereocenters. The van der Waals surface area contributed by atoms with Crippen LogP contribution in [-0.4, -0.2) is 32.2 Å². The van der Waals surface area contributed by atoms with Gasteiger partial charge in [0.2, 0.25) is 0 Å². The Morgan fingerprint density at radius 2 is 2.00 bits per heavy atom. The van der Waals surface area contributed by atoms with E-state index in [2.05, 4.69) is 9.72 Å². The molecule has 9 heteroatoms. The Bertz CT molecular complexity index is 666. The highest BCUT2D eigenvalue weighted by Gasteiger charge is 2.34. The summed E-state index contributed by atoms with van der Waals surface area (Å²) in [6.07, 6.45) is -2.07. The van der Waals surface area contributed by atoms with Crippen LogP contribution in [0.25, 0.3) is 6.08 Å². The number of ether oxygens (including phenoxy) is 1. The van der Waals surface area contributed by atoms with Crippen molar-refractivity contribution in [2.24, 2.45) is 0 Å². The van der Waals surface area contributed by atoms with E-state index in [1.807, 2.05) is 0 Å². The second kappa shape index (κ2) is 6.25. The van der Waals surface area contributed by atoms with Gasteiger partial charge in [-0.2, -0.15) is 13.2 Å². The number of pyridine rings is 1. The maximum Gasteiger partial charge on any atom is 0.433 e. The van der Waals surface area contributed by atoms with E-state index in [9.17, 15) is 26.4 Å². The number of carbonyl (C=O) groups excluding carboxylic acids is 1. The summed E-state index contributed by atoms with van der Waals surface area (Å²) in [4.78, 5) is 14.3. The Labute approximate surface area is 119 Å². The second-order valence-corrected chi connectivity index (χ2v) is 5.88. The Balaban J connectivity index is 3.31. The van der Waals surface area contributed by atoms with E-state index in [1.54, 1.807) is 6.92 Å². The summed E-state index contributed by atoms with van der Waals surface area (Å²) in [6, 6.07) is 1.57. The number of hydrogen-bond acceptors (Lipinski definition) is 5. The van der Waals surface area contributed by atoms with Gasteiger partial charge in [-0.25, -0.2) is 18.2 Å². The van der Waals surface area contributed by atoms with Crippen LogP contribution in [0.4, 0.5) is 13.2 Å². The predicted molar refractivity (Wildman–Crippen MR) is 68.0 cm³/mol. The van der Waals surface area contributed by atoms with Gasteiger partial charge < -0.3 is 4.74 Å². The van der Waals surface area contributed by atoms with Gasteiger partial charge in [-0.3, -0.25) is 0 Å². The molecule has 0 N–H and O–H groups in total. The molecule has 0 radical (unpaired) electrons. The van der Waals surface area contributed by atoms with Gasteiger partial charge in [0, 0.05) is 17.9 Å². The van der Waals surface area contributed by atoms with Gasteiger partial charge in [0.05, 0.1) is 6.61 Å². The van der Waals surface area contributed by atoms with Gasteiger partial charge >= 0.3 is 12.1 Å². The van der Waals surface area contributed by atoms with E-state index in [-0.39, 0.29) is 12.2 Å². The maximum absolute atomic E-state index is 12.6. The Morgan fingerprint density at radius 1 is 1.38 bits per heavy atom. The van der Waals surface area contributed by atoms with Gasteiger partial charge in [0.25, 0.3) is 0 Å². The van der Waals surface area contributed by atoms with Crippen molar-refractivity contribution in [1.82, 2.24) is 4.98 Å². The number of esters is 1. The molecule has 0 aliphatic carbocycles. The van der Waals surface area contributed by atoms with Crippen molar-refractivity contribution in [1.29, 1.82) is 0 Å². The highest BCUT2D eigenvalue weighted by molar-refractivity contribution is 7.90. The molecular weight excluding hydrogens is 311 g/mol. The van der Waals surface area contributed by atoms with E-state index >= 15 is 0 Å². The van der Waals surface area contributed by atoms with E-state index in [0.29, 0.717) is 6.07 Å². The van der Waals surface area contributed by atoms with Gasteiger partial charge in [0.15, 0.2) is 14.9 Å². The molecule has 0 spiro atoms. The first-order chi connectivity index (χ1) is 9.55. The molecule has 0 aliphatic heterocycles. The zero-order valence-corrected chi connectivity index (χ0v) is 12.0. The van der Waals surface area contributed by atoms with Crippen LogP contribution in [0.15, 0.2) is 23.2 Å². The highest BCUT2D eigenvalue weighted by atomic mass is 32.2. The van der Waals surface area contributed by atoms with E-state index in [1.165, 1.54) is 0 Å². The molecule has 0 fully saturated rings. The quantitative estimate of drug-likeness (QED) is 0.626. The van der Waals surface area contributed by atoms with E-state index in [4.69, 9.17) is 0 Å². The molecule has 1 heterocycles. The highest BCUT2D eigenvalue weighted by Crippen LogP contribution is 2.29. The normalized spacial score (nSPS) is 12.6. The molecular formula is C12H12F3NO4S. The molecule has 0 aliphatic rings. The summed E-state index contributed by atoms with van der Waals surface area (Å²) in [6.45, 7) is 1.70. The maximum atomic E-state index is 12.6. The SMILES string of the molecule is CCOC(=O)/C=C/c1ccc(C(F)(F)F)nc1S(C)(=O)=O. The standard InChI is InChI=1S/C12H12F3NO4S/c1-3-20-10(17)7-5-8-4-6-9(12(13,14)15)16-11(8)21(2,18)19/h4-7H,3H2,1-2H3/b7-5+. The summed E-state index contributed by atoms with van der Waals surface area (Å²) >= 11 is 0. The lowest BCUT2D eigenvalue weighted by atomic mass is 10.2. The number of halogens is 3. The summed E-state index contributed by atoms with van der Waals surface area (Å²) in [5, 5.41) is -0.752. The molecule has 1 rings (SSSR count). The van der Waals surface area contributed by atoms with Crippen molar-refractivity contribution in [2.45, 2.75) is 18.1 Å². The minimum Gasteiger partial charge on any atom is -0.463 e. The number of aromatic nitrogens is 1. The van der Waals surface area contributed by atoms with Crippen LogP contribution < -0.4 is 0 Å². The zero-order chi connectivity index (χ0) is 16.3. The van der Waals surface area contributed by atoms with Crippen molar-refractivity contribution < 1.29 is 31.1 Å². The van der Waals surface area contributed by atoms with Gasteiger partial charge in [-0.15, -0.1) is 0 Å². The van der Waals surface area contributed by atoms with E-state index in [0.717, 1.165) is 24.5 Å². The third-order valence-electron chi connectivity index (χ3n) is 2.22. The molecule has 0 saturated heterocycles. The van der Waals surface area contributed by atoms with Gasteiger partial charge in [0.1, 0.15) is 5.69 Å². The zero-order valence-electron chi connectivity index (χ0n) is 11.1. The number of alkyl halides is 3. The Hall–Kier alpha value is -1.90. The average molecular weight is 323 g/mol. The summed E-state index contributed by atoms with van der Waals surface area (Å²) < 4.78 is 65.3. The number of carbonyl (C=O) groups is 1. The predicted octanol–water partition coefficient (Wildman–Crippen LogP) is 2.08. The molecule has 0 saturated carbocycles. The summed E-state index contributed by atoms with van der Waals surface area (Å²) in [5.74, 6) is -0.739. The first-order valence-corrected chi connectivity index (χ1v) is 7.58. The molecule has 0 aromatic carbocycles. The molecule has 0 bridgehead atoms. The van der Waals surface area contributed by atoms with Crippen LogP contribution in [0.1, 0.15) is 18.2 Å². The van der Waals surface area contributed by atoms with Crippen molar-refractivity contribution in [3.63, 3.8) is 0 Å². The molecule has 21 heavy (non-hydrogen) atoms. The van der Waals surface area contributed by atoms with Gasteiger partial charge in [-0.05, 0) is 25.1 Å². The first kappa shape index (κ1) is 17.2. The summed E-state index contributed by atoms with van der Waals surface area (Å²) in [5.41, 5.74) is -1.45. The van der Waals surface area contributed by atoms with Crippen LogP contribution in [0, 0.1) is 0 Å². The molecule has 1 aromatic rings. The molecule has 0 amide bonds. The fourth-order valence-electron chi connectivity index (χ4n) is 1.38. The van der Waals surface area contributed by atoms with Crippen LogP contribution >= 0.6 is 0 Å². The van der Waals surface area contributed by atoms with Crippen LogP contribution in [0.3, 0.4) is 0 Å². The van der Waals surface area contributed by atoms with Crippen molar-refractivity contribution in [2.75, 3.05) is 12.9 Å². The second-order valence-electron chi connectivity index (χ2n) is 3.95. The number of rotatable bonds is 4. The lowest BCUT2D eigenvalue weighted by Gasteiger charge is -2.09. The fourth-order valence-corrected chi connectivity index (χ4v) is 2.21. The minimum absolute atomic E-state index is 0.118. The number of sulfone groups is 1. The molecule has 1 aromatic heterocycles. The Kier molecular flexibility index (Phi) is 5.10. The topological polar surface area (TPSA) is 73.3 Å². The van der Waals surface area contributed by atoms with Crippen molar-refractivity contribution in [3.05, 3.63) is 29.5 Å². The minimum atomic E-state index is -4.76.